The first-order valence-corrected chi connectivity index (χ1v) is 9.00. The Bertz CT molecular complexity index is 975. The number of hydrogen-bond donors (Lipinski definition) is 1. The maximum Gasteiger partial charge on any atom is 0.262 e. The van der Waals surface area contributed by atoms with E-state index in [2.05, 4.69) is 5.32 Å². The smallest absolute Gasteiger partial charge is 0.262 e. The number of likely N-dealkylation sites (N-methyl/N-ethyl adjacent to an activating group) is 1. The molecule has 2 aliphatic rings. The molecule has 1 N–H and O–H groups in total. The van der Waals surface area contributed by atoms with E-state index in [1.165, 1.54) is 18.0 Å². The molecule has 2 amide bonds. The summed E-state index contributed by atoms with van der Waals surface area (Å²) in [4.78, 5) is 26.4. The first-order chi connectivity index (χ1) is 13.6. The van der Waals surface area contributed by atoms with Gasteiger partial charge in [-0.3, -0.25) is 9.59 Å². The van der Waals surface area contributed by atoms with Gasteiger partial charge in [-0.1, -0.05) is 23.7 Å². The number of anilines is 1. The summed E-state index contributed by atoms with van der Waals surface area (Å²) in [5, 5.41) is 2.97. The summed E-state index contributed by atoms with van der Waals surface area (Å²) in [6, 6.07) is 10.5. The molecule has 2 heterocycles. The Morgan fingerprint density at radius 3 is 2.86 bits per heavy atom. The second-order valence-corrected chi connectivity index (χ2v) is 6.61. The average Bonchev–Trinajstić information content (AvgIpc) is 3.20. The van der Waals surface area contributed by atoms with Crippen LogP contribution in [0.5, 0.6) is 17.2 Å². The Kier molecular flexibility index (Phi) is 4.83. The van der Waals surface area contributed by atoms with Gasteiger partial charge in [0.2, 0.25) is 6.79 Å². The highest BCUT2D eigenvalue weighted by Crippen LogP contribution is 2.40. The van der Waals surface area contributed by atoms with Crippen LogP contribution in [0.3, 0.4) is 0 Å². The monoisotopic (exact) mass is 400 g/mol. The average molecular weight is 401 g/mol. The molecule has 0 aliphatic carbocycles. The van der Waals surface area contributed by atoms with E-state index in [9.17, 15) is 9.59 Å². The molecule has 8 heteroatoms. The summed E-state index contributed by atoms with van der Waals surface area (Å²) in [5.74, 6) is 0.948. The van der Waals surface area contributed by atoms with E-state index < -0.39 is 6.10 Å². The lowest BCUT2D eigenvalue weighted by Gasteiger charge is -2.33. The number of carbonyl (C=O) groups excluding carboxylic acids is 2. The number of hydrogen-bond acceptors (Lipinski definition) is 5. The van der Waals surface area contributed by atoms with Crippen molar-refractivity contribution in [1.29, 1.82) is 0 Å². The second kappa shape index (κ2) is 7.44. The van der Waals surface area contributed by atoms with E-state index in [1.807, 2.05) is 6.07 Å². The third kappa shape index (κ3) is 3.36. The predicted octanol–water partition coefficient (Wildman–Crippen LogP) is 2.62. The number of nitrogens with one attached hydrogen (secondary N) is 1. The van der Waals surface area contributed by atoms with Crippen molar-refractivity contribution >= 4 is 35.2 Å². The van der Waals surface area contributed by atoms with Gasteiger partial charge in [-0.25, -0.2) is 0 Å². The first kappa shape index (κ1) is 18.2. The number of halogens is 1. The molecule has 7 nitrogen and oxygen atoms in total. The normalized spacial score (nSPS) is 17.2. The maximum absolute atomic E-state index is 12.9. The minimum absolute atomic E-state index is 0.113. The van der Waals surface area contributed by atoms with Crippen molar-refractivity contribution in [3.63, 3.8) is 0 Å². The molecular formula is C20H17ClN2O5. The molecule has 0 bridgehead atoms. The molecule has 0 saturated heterocycles. The van der Waals surface area contributed by atoms with Crippen LogP contribution >= 0.6 is 11.6 Å². The molecule has 2 aliphatic heterocycles. The Morgan fingerprint density at radius 1 is 1.21 bits per heavy atom. The van der Waals surface area contributed by atoms with Gasteiger partial charge >= 0.3 is 0 Å². The highest BCUT2D eigenvalue weighted by Gasteiger charge is 2.32. The fraction of sp³-hybridized carbons (Fsp3) is 0.200. The number of carbonyl (C=O) groups is 2. The molecule has 0 unspecified atom stereocenters. The molecular weight excluding hydrogens is 384 g/mol. The molecule has 0 saturated carbocycles. The van der Waals surface area contributed by atoms with Crippen molar-refractivity contribution in [3.05, 3.63) is 53.1 Å². The number of rotatable bonds is 3. The summed E-state index contributed by atoms with van der Waals surface area (Å²) < 4.78 is 16.3. The predicted molar refractivity (Wildman–Crippen MR) is 104 cm³/mol. The highest BCUT2D eigenvalue weighted by atomic mass is 35.5. The lowest BCUT2D eigenvalue weighted by atomic mass is 10.1. The first-order valence-electron chi connectivity index (χ1n) is 8.63. The maximum atomic E-state index is 12.9. The molecule has 2 aromatic carbocycles. The van der Waals surface area contributed by atoms with Crippen molar-refractivity contribution in [2.75, 3.05) is 25.3 Å². The van der Waals surface area contributed by atoms with Gasteiger partial charge in [0.1, 0.15) is 5.75 Å². The van der Waals surface area contributed by atoms with Crippen LogP contribution in [-0.2, 0) is 9.59 Å². The van der Waals surface area contributed by atoms with Crippen LogP contribution < -0.4 is 24.4 Å². The molecule has 28 heavy (non-hydrogen) atoms. The van der Waals surface area contributed by atoms with Crippen LogP contribution in [0.15, 0.2) is 42.5 Å². The summed E-state index contributed by atoms with van der Waals surface area (Å²) in [5.41, 5.74) is 1.31. The Morgan fingerprint density at radius 2 is 2.04 bits per heavy atom. The van der Waals surface area contributed by atoms with Gasteiger partial charge < -0.3 is 24.4 Å². The number of nitrogens with zero attached hydrogens (tertiary/aromatic N) is 1. The van der Waals surface area contributed by atoms with Crippen LogP contribution in [0.1, 0.15) is 5.56 Å². The van der Waals surface area contributed by atoms with Crippen molar-refractivity contribution in [3.8, 4) is 17.2 Å². The van der Waals surface area contributed by atoms with Crippen LogP contribution in [0.2, 0.25) is 5.02 Å². The lowest BCUT2D eigenvalue weighted by molar-refractivity contribution is -0.127. The van der Waals surface area contributed by atoms with Crippen LogP contribution in [0.25, 0.3) is 6.08 Å². The van der Waals surface area contributed by atoms with E-state index in [1.54, 1.807) is 36.4 Å². The third-order valence-electron chi connectivity index (χ3n) is 4.45. The Hall–Kier alpha value is -3.19. The van der Waals surface area contributed by atoms with Gasteiger partial charge in [0, 0.05) is 13.1 Å². The zero-order chi connectivity index (χ0) is 19.7. The van der Waals surface area contributed by atoms with Crippen molar-refractivity contribution in [2.45, 2.75) is 6.10 Å². The largest absolute Gasteiger partial charge is 0.477 e. The summed E-state index contributed by atoms with van der Waals surface area (Å²) >= 11 is 6.18. The van der Waals surface area contributed by atoms with E-state index in [0.717, 1.165) is 0 Å². The number of para-hydroxylation sites is 2. The van der Waals surface area contributed by atoms with Crippen LogP contribution in [0.4, 0.5) is 5.69 Å². The fourth-order valence-electron chi connectivity index (χ4n) is 3.08. The molecule has 0 fully saturated rings. The number of fused-ring (bicyclic) bond motifs is 2. The Balaban J connectivity index is 1.59. The van der Waals surface area contributed by atoms with Gasteiger partial charge in [-0.2, -0.15) is 0 Å². The van der Waals surface area contributed by atoms with Gasteiger partial charge in [0.05, 0.1) is 17.3 Å². The van der Waals surface area contributed by atoms with E-state index in [4.69, 9.17) is 25.8 Å². The van der Waals surface area contributed by atoms with Gasteiger partial charge in [-0.05, 0) is 35.9 Å². The summed E-state index contributed by atoms with van der Waals surface area (Å²) in [7, 11) is 1.53. The van der Waals surface area contributed by atoms with E-state index in [-0.39, 0.29) is 25.2 Å². The fourth-order valence-corrected chi connectivity index (χ4v) is 3.36. The third-order valence-corrected chi connectivity index (χ3v) is 4.73. The standard InChI is InChI=1S/C20H17ClN2O5/c1-22-20(25)17-10-23(14-4-2-3-5-15(14)28-17)18(24)7-6-12-8-13(21)19-16(9-12)26-11-27-19/h2-9,17H,10-11H2,1H3,(H,22,25)/b7-6+/t17-/m0/s1. The van der Waals surface area contributed by atoms with Gasteiger partial charge in [-0.15, -0.1) is 0 Å². The van der Waals surface area contributed by atoms with Gasteiger partial charge in [0.15, 0.2) is 17.6 Å². The van der Waals surface area contributed by atoms with Crippen molar-refractivity contribution < 1.29 is 23.8 Å². The summed E-state index contributed by atoms with van der Waals surface area (Å²) in [6.07, 6.45) is 2.29. The van der Waals surface area contributed by atoms with E-state index >= 15 is 0 Å². The zero-order valence-corrected chi connectivity index (χ0v) is 15.7. The highest BCUT2D eigenvalue weighted by molar-refractivity contribution is 6.32. The molecule has 144 valence electrons. The van der Waals surface area contributed by atoms with Gasteiger partial charge in [0.25, 0.3) is 11.8 Å². The van der Waals surface area contributed by atoms with Crippen molar-refractivity contribution in [2.24, 2.45) is 0 Å². The quantitative estimate of drug-likeness (QED) is 0.801. The molecule has 2 aromatic rings. The van der Waals surface area contributed by atoms with Crippen LogP contribution in [-0.4, -0.2) is 38.3 Å². The van der Waals surface area contributed by atoms with E-state index in [0.29, 0.717) is 33.5 Å². The lowest BCUT2D eigenvalue weighted by Crippen LogP contribution is -2.49. The topological polar surface area (TPSA) is 77.1 Å². The van der Waals surface area contributed by atoms with Crippen molar-refractivity contribution in [1.82, 2.24) is 5.32 Å². The Labute approximate surface area is 166 Å². The molecule has 0 aromatic heterocycles. The number of ether oxygens (including phenoxy) is 3. The number of amides is 2. The molecule has 0 spiro atoms. The minimum atomic E-state index is -0.780. The molecule has 0 radical (unpaired) electrons. The second-order valence-electron chi connectivity index (χ2n) is 6.21. The minimum Gasteiger partial charge on any atom is -0.477 e. The molecule has 4 rings (SSSR count). The molecule has 1 atom stereocenters. The number of benzene rings is 2. The van der Waals surface area contributed by atoms with Crippen LogP contribution in [0, 0.1) is 0 Å². The SMILES string of the molecule is CNC(=O)[C@@H]1CN(C(=O)/C=C/c2cc(Cl)c3c(c2)OCO3)c2ccccc2O1. The summed E-state index contributed by atoms with van der Waals surface area (Å²) in [6.45, 7) is 0.231. The zero-order valence-electron chi connectivity index (χ0n) is 15.0.